The number of nitrogens with one attached hydrogen (secondary N) is 1. The molecule has 1 aliphatic rings. The van der Waals surface area contributed by atoms with Gasteiger partial charge in [0.2, 0.25) is 0 Å². The number of aromatic nitrogens is 1. The summed E-state index contributed by atoms with van der Waals surface area (Å²) in [6, 6.07) is 16.0. The zero-order chi connectivity index (χ0) is 30.9. The van der Waals surface area contributed by atoms with Gasteiger partial charge in [0.25, 0.3) is 10.0 Å². The summed E-state index contributed by atoms with van der Waals surface area (Å²) in [5, 5.41) is 4.37. The van der Waals surface area contributed by atoms with E-state index in [9.17, 15) is 13.2 Å². The van der Waals surface area contributed by atoms with E-state index in [2.05, 4.69) is 9.88 Å². The molecule has 0 aliphatic carbocycles. The second-order valence-corrected chi connectivity index (χ2v) is 12.4. The maximum atomic E-state index is 13.5. The van der Waals surface area contributed by atoms with Gasteiger partial charge < -0.3 is 28.4 Å². The lowest BCUT2D eigenvalue weighted by molar-refractivity contribution is 0.0306. The number of fused-ring (bicyclic) bond motifs is 1. The highest BCUT2D eigenvalue weighted by atomic mass is 32.2. The summed E-state index contributed by atoms with van der Waals surface area (Å²) in [5.41, 5.74) is 3.25. The van der Waals surface area contributed by atoms with Crippen LogP contribution in [0.2, 0.25) is 0 Å². The van der Waals surface area contributed by atoms with Crippen LogP contribution >= 0.6 is 0 Å². The van der Waals surface area contributed by atoms with Crippen LogP contribution in [0, 0.1) is 0 Å². The smallest absolute Gasteiger partial charge is 0.410 e. The number of methoxy groups -OCH3 is 3. The van der Waals surface area contributed by atoms with Crippen LogP contribution in [0.4, 0.5) is 10.6 Å². The summed E-state index contributed by atoms with van der Waals surface area (Å²) in [5.74, 6) is 0.518. The Bertz CT molecular complexity index is 1800. The van der Waals surface area contributed by atoms with Crippen molar-refractivity contribution in [2.45, 2.75) is 31.3 Å². The summed E-state index contributed by atoms with van der Waals surface area (Å²) in [4.78, 5) is 14.1. The molecule has 12 heteroatoms. The van der Waals surface area contributed by atoms with Crippen molar-refractivity contribution >= 4 is 38.5 Å². The molecule has 0 unspecified atom stereocenters. The lowest BCUT2D eigenvalue weighted by Crippen LogP contribution is -2.35. The molecule has 0 spiro atoms. The molecule has 43 heavy (non-hydrogen) atoms. The maximum Gasteiger partial charge on any atom is 0.410 e. The molecule has 1 N–H and O–H groups in total. The molecule has 0 bridgehead atoms. The van der Waals surface area contributed by atoms with Gasteiger partial charge in [-0.15, -0.1) is 0 Å². The second kappa shape index (κ2) is 11.5. The Hall–Kier alpha value is -4.71. The minimum atomic E-state index is -4.22. The number of rotatable bonds is 8. The summed E-state index contributed by atoms with van der Waals surface area (Å²) < 4.78 is 56.9. The van der Waals surface area contributed by atoms with Gasteiger partial charge in [0.05, 0.1) is 21.3 Å². The fourth-order valence-corrected chi connectivity index (χ4v) is 6.24. The van der Waals surface area contributed by atoms with E-state index in [1.54, 1.807) is 23.1 Å². The van der Waals surface area contributed by atoms with Crippen LogP contribution in [0.3, 0.4) is 0 Å². The van der Waals surface area contributed by atoms with Crippen molar-refractivity contribution < 1.29 is 36.7 Å². The minimum absolute atomic E-state index is 0.0499. The number of hydrogen-bond donors (Lipinski definition) is 1. The summed E-state index contributed by atoms with van der Waals surface area (Å²) in [6.07, 6.45) is 1.63. The minimum Gasteiger partial charge on any atom is -0.496 e. The van der Waals surface area contributed by atoms with Crippen LogP contribution in [-0.4, -0.2) is 64.6 Å². The molecule has 2 heterocycles. The predicted molar refractivity (Wildman–Crippen MR) is 162 cm³/mol. The Morgan fingerprint density at radius 2 is 1.58 bits per heavy atom. The first kappa shape index (κ1) is 29.8. The molecule has 1 aliphatic heterocycles. The Labute approximate surface area is 250 Å². The van der Waals surface area contributed by atoms with Gasteiger partial charge in [-0.25, -0.2) is 13.2 Å². The van der Waals surface area contributed by atoms with Crippen molar-refractivity contribution in [2.24, 2.45) is 0 Å². The third kappa shape index (κ3) is 5.96. The number of anilines is 1. The van der Waals surface area contributed by atoms with E-state index in [4.69, 9.17) is 23.5 Å². The molecular weight excluding hydrogens is 574 g/mol. The normalized spacial score (nSPS) is 13.5. The average Bonchev–Trinajstić information content (AvgIpc) is 3.63. The Morgan fingerprint density at radius 3 is 2.21 bits per heavy atom. The van der Waals surface area contributed by atoms with E-state index in [0.717, 1.165) is 22.3 Å². The Balaban J connectivity index is 1.50. The van der Waals surface area contributed by atoms with Gasteiger partial charge in [0.1, 0.15) is 28.2 Å². The van der Waals surface area contributed by atoms with Crippen LogP contribution in [0.1, 0.15) is 26.3 Å². The zero-order valence-electron chi connectivity index (χ0n) is 24.8. The van der Waals surface area contributed by atoms with Gasteiger partial charge in [-0.1, -0.05) is 41.6 Å². The number of sulfonamides is 1. The van der Waals surface area contributed by atoms with E-state index in [-0.39, 0.29) is 28.3 Å². The fourth-order valence-electron chi connectivity index (χ4n) is 4.91. The number of carbonyl (C=O) groups is 1. The molecule has 3 aromatic carbocycles. The first-order valence-corrected chi connectivity index (χ1v) is 14.9. The van der Waals surface area contributed by atoms with Gasteiger partial charge in [0, 0.05) is 13.1 Å². The third-order valence-electron chi connectivity index (χ3n) is 6.80. The first-order chi connectivity index (χ1) is 20.5. The molecule has 1 aromatic heterocycles. The molecule has 1 amide bonds. The SMILES string of the molecule is COc1cccc(OC)c1S(=O)(=O)Nc1noc2cc(-c3ccccc3C3=CCN(C(=O)OC(C)(C)C)C3)cc(OC)c12. The van der Waals surface area contributed by atoms with E-state index in [0.29, 0.717) is 29.8 Å². The molecule has 0 radical (unpaired) electrons. The van der Waals surface area contributed by atoms with E-state index < -0.39 is 15.6 Å². The van der Waals surface area contributed by atoms with Crippen molar-refractivity contribution in [1.82, 2.24) is 10.1 Å². The van der Waals surface area contributed by atoms with Crippen molar-refractivity contribution in [3.05, 3.63) is 66.2 Å². The Kier molecular flexibility index (Phi) is 7.98. The summed E-state index contributed by atoms with van der Waals surface area (Å²) in [7, 11) is 0.0130. The molecule has 0 saturated carbocycles. The molecule has 0 saturated heterocycles. The first-order valence-electron chi connectivity index (χ1n) is 13.4. The summed E-state index contributed by atoms with van der Waals surface area (Å²) >= 11 is 0. The number of benzene rings is 3. The number of carbonyl (C=O) groups excluding carboxylic acids is 1. The predicted octanol–water partition coefficient (Wildman–Crippen LogP) is 5.96. The average molecular weight is 608 g/mol. The monoisotopic (exact) mass is 607 g/mol. The van der Waals surface area contributed by atoms with E-state index >= 15 is 0 Å². The third-order valence-corrected chi connectivity index (χ3v) is 8.20. The van der Waals surface area contributed by atoms with E-state index in [1.807, 2.05) is 51.1 Å². The van der Waals surface area contributed by atoms with Gasteiger partial charge in [-0.2, -0.15) is 0 Å². The fraction of sp³-hybridized carbons (Fsp3) is 0.290. The number of hydrogen-bond acceptors (Lipinski definition) is 9. The number of amides is 1. The van der Waals surface area contributed by atoms with Crippen molar-refractivity contribution in [3.8, 4) is 28.4 Å². The van der Waals surface area contributed by atoms with Gasteiger partial charge >= 0.3 is 6.09 Å². The van der Waals surface area contributed by atoms with Crippen LogP contribution in [0.15, 0.2) is 70.1 Å². The van der Waals surface area contributed by atoms with Crippen LogP contribution in [0.25, 0.3) is 27.7 Å². The van der Waals surface area contributed by atoms with Crippen molar-refractivity contribution in [2.75, 3.05) is 39.1 Å². The van der Waals surface area contributed by atoms with Gasteiger partial charge in [-0.05, 0) is 67.3 Å². The number of nitrogens with zero attached hydrogens (tertiary/aromatic N) is 2. The second-order valence-electron chi connectivity index (χ2n) is 10.8. The topological polar surface area (TPSA) is 129 Å². The maximum absolute atomic E-state index is 13.5. The number of ether oxygens (including phenoxy) is 4. The van der Waals surface area contributed by atoms with Gasteiger partial charge in [0.15, 0.2) is 16.3 Å². The molecule has 5 rings (SSSR count). The molecular formula is C31H33N3O8S. The Morgan fingerprint density at radius 1 is 0.930 bits per heavy atom. The van der Waals surface area contributed by atoms with Gasteiger partial charge in [-0.3, -0.25) is 4.72 Å². The molecule has 4 aromatic rings. The van der Waals surface area contributed by atoms with Crippen LogP contribution in [-0.2, 0) is 14.8 Å². The molecule has 11 nitrogen and oxygen atoms in total. The quantitative estimate of drug-likeness (QED) is 0.258. The standard InChI is InChI=1S/C31H33N3O8S/c1-31(2,3)41-30(35)34-15-14-19(18-34)21-10-7-8-11-22(21)20-16-25(40-6)27-26(17-20)42-32-29(27)33-43(36,37)28-23(38-4)12-9-13-24(28)39-5/h7-14,16-17H,15,18H2,1-6H3,(H,32,33). The molecule has 0 atom stereocenters. The van der Waals surface area contributed by atoms with Crippen molar-refractivity contribution in [3.63, 3.8) is 0 Å². The molecule has 0 fully saturated rings. The highest BCUT2D eigenvalue weighted by Gasteiger charge is 2.29. The van der Waals surface area contributed by atoms with Crippen LogP contribution in [0.5, 0.6) is 17.2 Å². The largest absolute Gasteiger partial charge is 0.496 e. The molecule has 226 valence electrons. The van der Waals surface area contributed by atoms with Crippen molar-refractivity contribution in [1.29, 1.82) is 0 Å². The lowest BCUT2D eigenvalue weighted by Gasteiger charge is -2.24. The lowest BCUT2D eigenvalue weighted by atomic mass is 9.94. The highest BCUT2D eigenvalue weighted by Crippen LogP contribution is 2.41. The highest BCUT2D eigenvalue weighted by molar-refractivity contribution is 7.93. The zero-order valence-corrected chi connectivity index (χ0v) is 25.6. The summed E-state index contributed by atoms with van der Waals surface area (Å²) in [6.45, 7) is 6.34. The van der Waals surface area contributed by atoms with Crippen LogP contribution < -0.4 is 18.9 Å². The van der Waals surface area contributed by atoms with E-state index in [1.165, 1.54) is 33.5 Å².